The van der Waals surface area contributed by atoms with Crippen LogP contribution in [-0.2, 0) is 4.79 Å². The number of piperidine rings is 1. The molecule has 3 aromatic rings. The first kappa shape index (κ1) is 23.8. The van der Waals surface area contributed by atoms with Crippen LogP contribution < -0.4 is 16.0 Å². The van der Waals surface area contributed by atoms with Gasteiger partial charge in [-0.3, -0.25) is 19.0 Å². The van der Waals surface area contributed by atoms with Crippen LogP contribution >= 0.6 is 23.2 Å². The molecule has 8 nitrogen and oxygen atoms in total. The molecule has 0 unspecified atom stereocenters. The standard InChI is InChI=1S/C25H25Cl2N5O3/c26-18-10-16(23(33)30-13-14-2-1-7-28-12-14)11-19(27)21(18)25(35)32-9-6-17-20(32)5-8-29-22(17)31-24(34)15-3-4-15/h5-6,8-11,14-15,28H,1-4,7,12-13H2,(H,30,33)(H,29,31,34)/t14-/m1/s1. The average Bonchev–Trinajstić information content (AvgIpc) is 3.61. The molecule has 3 N–H and O–H groups in total. The third-order valence-corrected chi connectivity index (χ3v) is 7.09. The molecule has 35 heavy (non-hydrogen) atoms. The number of amides is 2. The molecule has 2 aliphatic rings. The van der Waals surface area contributed by atoms with Crippen molar-refractivity contribution in [1.29, 1.82) is 0 Å². The van der Waals surface area contributed by atoms with Gasteiger partial charge in [0.2, 0.25) is 5.91 Å². The Hall–Kier alpha value is -2.94. The largest absolute Gasteiger partial charge is 0.352 e. The lowest BCUT2D eigenvalue weighted by Gasteiger charge is -2.23. The summed E-state index contributed by atoms with van der Waals surface area (Å²) >= 11 is 12.9. The molecule has 0 spiro atoms. The van der Waals surface area contributed by atoms with Crippen molar-refractivity contribution < 1.29 is 14.4 Å². The van der Waals surface area contributed by atoms with Crippen LogP contribution in [0.4, 0.5) is 5.82 Å². The molecule has 1 aromatic carbocycles. The number of nitrogens with zero attached hydrogens (tertiary/aromatic N) is 2. The number of halogens is 2. The van der Waals surface area contributed by atoms with Gasteiger partial charge in [-0.25, -0.2) is 4.98 Å². The predicted octanol–water partition coefficient (Wildman–Crippen LogP) is 4.11. The van der Waals surface area contributed by atoms with E-state index in [1.54, 1.807) is 18.3 Å². The first-order valence-electron chi connectivity index (χ1n) is 11.7. The van der Waals surface area contributed by atoms with E-state index in [2.05, 4.69) is 20.9 Å². The van der Waals surface area contributed by atoms with Gasteiger partial charge in [-0.1, -0.05) is 23.2 Å². The van der Waals surface area contributed by atoms with Gasteiger partial charge in [0.1, 0.15) is 5.82 Å². The fraction of sp³-hybridized carbons (Fsp3) is 0.360. The first-order chi connectivity index (χ1) is 16.9. The number of hydrogen-bond donors (Lipinski definition) is 3. The second-order valence-electron chi connectivity index (χ2n) is 9.08. The molecule has 1 atom stereocenters. The predicted molar refractivity (Wildman–Crippen MR) is 135 cm³/mol. The van der Waals surface area contributed by atoms with Gasteiger partial charge in [0.15, 0.2) is 0 Å². The Morgan fingerprint density at radius 3 is 2.57 bits per heavy atom. The molecule has 10 heteroatoms. The average molecular weight is 514 g/mol. The Bertz CT molecular complexity index is 1290. The zero-order chi connectivity index (χ0) is 24.5. The number of benzene rings is 1. The highest BCUT2D eigenvalue weighted by Crippen LogP contribution is 2.32. The van der Waals surface area contributed by atoms with E-state index in [1.165, 1.54) is 22.9 Å². The molecule has 0 bridgehead atoms. The fourth-order valence-electron chi connectivity index (χ4n) is 4.37. The van der Waals surface area contributed by atoms with E-state index < -0.39 is 5.91 Å². The van der Waals surface area contributed by atoms with Gasteiger partial charge in [-0.05, 0) is 69.0 Å². The Morgan fingerprint density at radius 1 is 1.11 bits per heavy atom. The lowest BCUT2D eigenvalue weighted by atomic mass is 9.99. The molecule has 0 radical (unpaired) electrons. The Labute approximate surface area is 212 Å². The molecule has 1 saturated heterocycles. The lowest BCUT2D eigenvalue weighted by Crippen LogP contribution is -2.38. The number of hydrogen-bond acceptors (Lipinski definition) is 5. The summed E-state index contributed by atoms with van der Waals surface area (Å²) in [7, 11) is 0. The molecule has 2 fully saturated rings. The highest BCUT2D eigenvalue weighted by Gasteiger charge is 2.30. The van der Waals surface area contributed by atoms with Crippen molar-refractivity contribution in [3.05, 3.63) is 57.8 Å². The Morgan fingerprint density at radius 2 is 1.89 bits per heavy atom. The van der Waals surface area contributed by atoms with Crippen LogP contribution in [0.2, 0.25) is 10.0 Å². The second-order valence-corrected chi connectivity index (χ2v) is 9.90. The number of anilines is 1. The third-order valence-electron chi connectivity index (χ3n) is 6.49. The monoisotopic (exact) mass is 513 g/mol. The normalized spacial score (nSPS) is 17.8. The summed E-state index contributed by atoms with van der Waals surface area (Å²) in [5.41, 5.74) is 0.956. The number of carbonyl (C=O) groups excluding carboxylic acids is 3. The summed E-state index contributed by atoms with van der Waals surface area (Å²) < 4.78 is 1.41. The molecular formula is C25H25Cl2N5O3. The molecule has 5 rings (SSSR count). The Kier molecular flexibility index (Phi) is 6.77. The van der Waals surface area contributed by atoms with Crippen molar-refractivity contribution >= 4 is 57.6 Å². The molecular weight excluding hydrogens is 489 g/mol. The van der Waals surface area contributed by atoms with Crippen LogP contribution in [0.15, 0.2) is 36.7 Å². The number of pyridine rings is 1. The number of carbonyl (C=O) groups is 3. The van der Waals surface area contributed by atoms with Crippen molar-refractivity contribution in [2.45, 2.75) is 25.7 Å². The minimum atomic E-state index is -0.444. The SMILES string of the molecule is O=C(NC[C@@H]1CCCNC1)c1cc(Cl)c(C(=O)n2ccc3c(NC(=O)C4CC4)nccc32)c(Cl)c1. The smallest absolute Gasteiger partial charge is 0.265 e. The summed E-state index contributed by atoms with van der Waals surface area (Å²) in [6.07, 6.45) is 7.04. The van der Waals surface area contributed by atoms with Crippen molar-refractivity contribution in [3.8, 4) is 0 Å². The van der Waals surface area contributed by atoms with E-state index >= 15 is 0 Å². The van der Waals surface area contributed by atoms with Crippen LogP contribution in [0.1, 0.15) is 46.4 Å². The van der Waals surface area contributed by atoms with Gasteiger partial charge in [-0.2, -0.15) is 0 Å². The summed E-state index contributed by atoms with van der Waals surface area (Å²) in [5.74, 6) is 0.0262. The van der Waals surface area contributed by atoms with E-state index in [1.807, 2.05) is 0 Å². The summed E-state index contributed by atoms with van der Waals surface area (Å²) in [6.45, 7) is 2.45. The maximum Gasteiger partial charge on any atom is 0.265 e. The van der Waals surface area contributed by atoms with E-state index in [-0.39, 0.29) is 33.3 Å². The second kappa shape index (κ2) is 9.97. The van der Waals surface area contributed by atoms with Crippen LogP contribution in [0.3, 0.4) is 0 Å². The van der Waals surface area contributed by atoms with Crippen molar-refractivity contribution in [2.24, 2.45) is 11.8 Å². The fourth-order valence-corrected chi connectivity index (χ4v) is 5.02. The number of aromatic nitrogens is 2. The maximum atomic E-state index is 13.4. The summed E-state index contributed by atoms with van der Waals surface area (Å²) in [5, 5.41) is 9.91. The van der Waals surface area contributed by atoms with Crippen molar-refractivity contribution in [1.82, 2.24) is 20.2 Å². The van der Waals surface area contributed by atoms with E-state index in [0.717, 1.165) is 38.8 Å². The number of nitrogens with one attached hydrogen (secondary N) is 3. The Balaban J connectivity index is 1.36. The van der Waals surface area contributed by atoms with Gasteiger partial charge >= 0.3 is 0 Å². The molecule has 1 saturated carbocycles. The van der Waals surface area contributed by atoms with Crippen LogP contribution in [0.5, 0.6) is 0 Å². The zero-order valence-electron chi connectivity index (χ0n) is 18.9. The van der Waals surface area contributed by atoms with Gasteiger partial charge in [0, 0.05) is 35.8 Å². The summed E-state index contributed by atoms with van der Waals surface area (Å²) in [6, 6.07) is 6.32. The molecule has 2 amide bonds. The number of fused-ring (bicyclic) bond motifs is 1. The van der Waals surface area contributed by atoms with Gasteiger partial charge in [-0.15, -0.1) is 0 Å². The minimum absolute atomic E-state index is 0.0310. The third kappa shape index (κ3) is 5.05. The molecule has 3 heterocycles. The molecule has 2 aromatic heterocycles. The number of rotatable bonds is 6. The topological polar surface area (TPSA) is 105 Å². The van der Waals surface area contributed by atoms with Gasteiger partial charge in [0.05, 0.1) is 21.1 Å². The van der Waals surface area contributed by atoms with Crippen molar-refractivity contribution in [2.75, 3.05) is 25.0 Å². The molecule has 182 valence electrons. The molecule has 1 aliphatic heterocycles. The lowest BCUT2D eigenvalue weighted by molar-refractivity contribution is -0.117. The zero-order valence-corrected chi connectivity index (χ0v) is 20.5. The minimum Gasteiger partial charge on any atom is -0.352 e. The first-order valence-corrected chi connectivity index (χ1v) is 12.5. The van der Waals surface area contributed by atoms with Crippen LogP contribution in [0, 0.1) is 11.8 Å². The highest BCUT2D eigenvalue weighted by molar-refractivity contribution is 6.40. The van der Waals surface area contributed by atoms with Gasteiger partial charge in [0.25, 0.3) is 11.8 Å². The van der Waals surface area contributed by atoms with Crippen molar-refractivity contribution in [3.63, 3.8) is 0 Å². The quantitative estimate of drug-likeness (QED) is 0.459. The van der Waals surface area contributed by atoms with E-state index in [4.69, 9.17) is 23.2 Å². The summed E-state index contributed by atoms with van der Waals surface area (Å²) in [4.78, 5) is 42.5. The van der Waals surface area contributed by atoms with Gasteiger partial charge < -0.3 is 16.0 Å². The van der Waals surface area contributed by atoms with Crippen LogP contribution in [-0.4, -0.2) is 46.9 Å². The molecule has 1 aliphatic carbocycles. The highest BCUT2D eigenvalue weighted by atomic mass is 35.5. The van der Waals surface area contributed by atoms with E-state index in [9.17, 15) is 14.4 Å². The van der Waals surface area contributed by atoms with Crippen LogP contribution in [0.25, 0.3) is 10.9 Å². The maximum absolute atomic E-state index is 13.4. The van der Waals surface area contributed by atoms with E-state index in [0.29, 0.717) is 34.7 Å².